The molecule has 2 aromatic carbocycles. The maximum absolute atomic E-state index is 12.4. The van der Waals surface area contributed by atoms with E-state index in [1.165, 1.54) is 7.05 Å². The van der Waals surface area contributed by atoms with E-state index in [0.717, 1.165) is 11.1 Å². The first-order valence-electron chi connectivity index (χ1n) is 8.79. The molecule has 1 heterocycles. The van der Waals surface area contributed by atoms with E-state index in [1.807, 2.05) is 42.5 Å². The summed E-state index contributed by atoms with van der Waals surface area (Å²) in [5.74, 6) is -0.128. The zero-order chi connectivity index (χ0) is 19.3. The Morgan fingerprint density at radius 2 is 1.70 bits per heavy atom. The van der Waals surface area contributed by atoms with Gasteiger partial charge < -0.3 is 5.32 Å². The fourth-order valence-electron chi connectivity index (χ4n) is 2.99. The van der Waals surface area contributed by atoms with Crippen LogP contribution in [0.25, 0.3) is 0 Å². The van der Waals surface area contributed by atoms with E-state index < -0.39 is 10.0 Å². The van der Waals surface area contributed by atoms with Gasteiger partial charge in [-0.15, -0.1) is 0 Å². The quantitative estimate of drug-likeness (QED) is 0.566. The second kappa shape index (κ2) is 8.62. The number of rotatable bonds is 7. The van der Waals surface area contributed by atoms with Crippen molar-refractivity contribution in [2.45, 2.75) is 30.8 Å². The SMILES string of the molecule is CNS(=O)(=O)Cc1ccc(CNC(=O)C2CC(c3ccccc3)NN2)cc1. The fourth-order valence-corrected chi connectivity index (χ4v) is 3.77. The minimum Gasteiger partial charge on any atom is -0.351 e. The van der Waals surface area contributed by atoms with Crippen LogP contribution in [0, 0.1) is 0 Å². The van der Waals surface area contributed by atoms with Gasteiger partial charge in [0.2, 0.25) is 15.9 Å². The van der Waals surface area contributed by atoms with Crippen molar-refractivity contribution in [3.63, 3.8) is 0 Å². The highest BCUT2D eigenvalue weighted by molar-refractivity contribution is 7.88. The third-order valence-corrected chi connectivity index (χ3v) is 5.91. The molecule has 4 N–H and O–H groups in total. The van der Waals surface area contributed by atoms with Gasteiger partial charge in [0.05, 0.1) is 5.75 Å². The standard InChI is InChI=1S/C19H24N4O3S/c1-20-27(25,26)13-15-9-7-14(8-10-15)12-21-19(24)18-11-17(22-23-18)16-5-3-2-4-6-16/h2-10,17-18,20,22-23H,11-13H2,1H3,(H,21,24). The molecule has 7 nitrogen and oxygen atoms in total. The van der Waals surface area contributed by atoms with Crippen LogP contribution in [0.4, 0.5) is 0 Å². The topological polar surface area (TPSA) is 99.3 Å². The zero-order valence-corrected chi connectivity index (χ0v) is 15.9. The van der Waals surface area contributed by atoms with Gasteiger partial charge in [0, 0.05) is 12.6 Å². The highest BCUT2D eigenvalue weighted by Crippen LogP contribution is 2.21. The van der Waals surface area contributed by atoms with Gasteiger partial charge in [0.15, 0.2) is 0 Å². The van der Waals surface area contributed by atoms with Crippen molar-refractivity contribution < 1.29 is 13.2 Å². The summed E-state index contributed by atoms with van der Waals surface area (Å²) in [4.78, 5) is 12.4. The van der Waals surface area contributed by atoms with E-state index in [0.29, 0.717) is 18.5 Å². The van der Waals surface area contributed by atoms with Crippen molar-refractivity contribution in [2.75, 3.05) is 7.05 Å². The average Bonchev–Trinajstić information content (AvgIpc) is 3.18. The van der Waals surface area contributed by atoms with E-state index in [9.17, 15) is 13.2 Å². The Bertz CT molecular complexity index is 870. The second-order valence-corrected chi connectivity index (χ2v) is 8.46. The number of carbonyl (C=O) groups excluding carboxylic acids is 1. The smallest absolute Gasteiger partial charge is 0.238 e. The van der Waals surface area contributed by atoms with Crippen molar-refractivity contribution in [3.05, 3.63) is 71.3 Å². The van der Waals surface area contributed by atoms with Crippen LogP contribution in [0.2, 0.25) is 0 Å². The average molecular weight is 388 g/mol. The molecule has 1 aliphatic rings. The van der Waals surface area contributed by atoms with Crippen LogP contribution in [0.3, 0.4) is 0 Å². The van der Waals surface area contributed by atoms with Gasteiger partial charge in [0.1, 0.15) is 6.04 Å². The van der Waals surface area contributed by atoms with E-state index >= 15 is 0 Å². The van der Waals surface area contributed by atoms with Gasteiger partial charge in [0.25, 0.3) is 0 Å². The largest absolute Gasteiger partial charge is 0.351 e. The van der Waals surface area contributed by atoms with Gasteiger partial charge in [-0.2, -0.15) is 0 Å². The molecule has 2 unspecified atom stereocenters. The third-order valence-electron chi connectivity index (χ3n) is 4.58. The summed E-state index contributed by atoms with van der Waals surface area (Å²) in [6, 6.07) is 17.0. The molecule has 1 fully saturated rings. The monoisotopic (exact) mass is 388 g/mol. The van der Waals surface area contributed by atoms with Gasteiger partial charge in [-0.05, 0) is 30.2 Å². The summed E-state index contributed by atoms with van der Waals surface area (Å²) in [6.45, 7) is 0.395. The molecular formula is C19H24N4O3S. The Balaban J connectivity index is 1.49. The highest BCUT2D eigenvalue weighted by Gasteiger charge is 2.29. The first-order valence-corrected chi connectivity index (χ1v) is 10.4. The fraction of sp³-hybridized carbons (Fsp3) is 0.316. The second-order valence-electron chi connectivity index (χ2n) is 6.54. The maximum Gasteiger partial charge on any atom is 0.238 e. The van der Waals surface area contributed by atoms with Crippen LogP contribution in [-0.4, -0.2) is 27.4 Å². The highest BCUT2D eigenvalue weighted by atomic mass is 32.2. The van der Waals surface area contributed by atoms with Gasteiger partial charge in [-0.1, -0.05) is 54.6 Å². The van der Waals surface area contributed by atoms with Gasteiger partial charge >= 0.3 is 0 Å². The van der Waals surface area contributed by atoms with E-state index in [4.69, 9.17) is 0 Å². The number of hydrazine groups is 1. The van der Waals surface area contributed by atoms with Crippen molar-refractivity contribution in [2.24, 2.45) is 0 Å². The van der Waals surface area contributed by atoms with Gasteiger partial charge in [-0.3, -0.25) is 4.79 Å². The number of nitrogens with one attached hydrogen (secondary N) is 4. The number of carbonyl (C=O) groups is 1. The molecule has 144 valence electrons. The molecule has 0 aliphatic carbocycles. The molecule has 0 bridgehead atoms. The molecule has 2 aromatic rings. The minimum absolute atomic E-state index is 0.0608. The summed E-state index contributed by atoms with van der Waals surface area (Å²) in [5.41, 5.74) is 8.97. The molecule has 1 amide bonds. The lowest BCUT2D eigenvalue weighted by Gasteiger charge is -2.11. The van der Waals surface area contributed by atoms with Crippen molar-refractivity contribution >= 4 is 15.9 Å². The lowest BCUT2D eigenvalue weighted by molar-refractivity contribution is -0.123. The molecule has 0 radical (unpaired) electrons. The number of hydrogen-bond acceptors (Lipinski definition) is 5. The van der Waals surface area contributed by atoms with Crippen LogP contribution >= 0.6 is 0 Å². The maximum atomic E-state index is 12.4. The first kappa shape index (κ1) is 19.5. The molecule has 3 rings (SSSR count). The zero-order valence-electron chi connectivity index (χ0n) is 15.1. The Kier molecular flexibility index (Phi) is 6.22. The molecule has 1 saturated heterocycles. The minimum atomic E-state index is -3.29. The Hall–Kier alpha value is -2.26. The number of hydrogen-bond donors (Lipinski definition) is 4. The summed E-state index contributed by atoms with van der Waals surface area (Å²) >= 11 is 0. The van der Waals surface area contributed by atoms with Crippen molar-refractivity contribution in [1.82, 2.24) is 20.9 Å². The summed E-state index contributed by atoms with van der Waals surface area (Å²) in [5, 5.41) is 2.92. The van der Waals surface area contributed by atoms with Crippen molar-refractivity contribution in [1.29, 1.82) is 0 Å². The molecule has 27 heavy (non-hydrogen) atoms. The van der Waals surface area contributed by atoms with E-state index in [-0.39, 0.29) is 23.7 Å². The Morgan fingerprint density at radius 1 is 1.04 bits per heavy atom. The van der Waals surface area contributed by atoms with Crippen LogP contribution in [0.1, 0.15) is 29.2 Å². The molecular weight excluding hydrogens is 364 g/mol. The van der Waals surface area contributed by atoms with Gasteiger partial charge in [-0.25, -0.2) is 24.0 Å². The summed E-state index contributed by atoms with van der Waals surface area (Å²) in [6.07, 6.45) is 0.677. The van der Waals surface area contributed by atoms with Crippen LogP contribution in [0.15, 0.2) is 54.6 Å². The molecule has 0 spiro atoms. The lowest BCUT2D eigenvalue weighted by atomic mass is 10.0. The van der Waals surface area contributed by atoms with Crippen LogP contribution < -0.4 is 20.9 Å². The molecule has 8 heteroatoms. The predicted octanol–water partition coefficient (Wildman–Crippen LogP) is 0.960. The first-order chi connectivity index (χ1) is 13.0. The van der Waals surface area contributed by atoms with Crippen LogP contribution in [0.5, 0.6) is 0 Å². The molecule has 1 aliphatic heterocycles. The third kappa shape index (κ3) is 5.36. The Labute approximate surface area is 159 Å². The summed E-state index contributed by atoms with van der Waals surface area (Å²) in [7, 11) is -1.89. The van der Waals surface area contributed by atoms with Crippen LogP contribution in [-0.2, 0) is 27.1 Å². The molecule has 0 aromatic heterocycles. The number of amides is 1. The molecule has 0 saturated carbocycles. The summed E-state index contributed by atoms with van der Waals surface area (Å²) < 4.78 is 25.4. The number of sulfonamides is 1. The molecule has 2 atom stereocenters. The van der Waals surface area contributed by atoms with E-state index in [1.54, 1.807) is 12.1 Å². The van der Waals surface area contributed by atoms with Crippen molar-refractivity contribution in [3.8, 4) is 0 Å². The Morgan fingerprint density at radius 3 is 2.37 bits per heavy atom. The number of benzene rings is 2. The lowest BCUT2D eigenvalue weighted by Crippen LogP contribution is -2.42. The predicted molar refractivity (Wildman–Crippen MR) is 104 cm³/mol. The van der Waals surface area contributed by atoms with E-state index in [2.05, 4.69) is 20.9 Å². The normalized spacial score (nSPS) is 19.7.